The summed E-state index contributed by atoms with van der Waals surface area (Å²) in [5.74, 6) is -2.64. The highest BCUT2D eigenvalue weighted by Crippen LogP contribution is 2.30. The summed E-state index contributed by atoms with van der Waals surface area (Å²) in [5, 5.41) is 19.6. The van der Waals surface area contributed by atoms with Gasteiger partial charge in [0.2, 0.25) is 41.4 Å². The smallest absolute Gasteiger partial charge is 0.246 e. The standard InChI is InChI=1S/C40H59N9O7/c1-27(42-3)37(53)47-32(40(56)49-23-13-18-33(49)38(54)46-30-17-12-15-28-14-6-7-16-29(28)30)25-35(51)44-20-9-5-4-8-19-43-34(50)24-31(45-36(52)26-41-2)39(55)48-21-10-11-22-48/h4-9,14,16,27,30-33,41-42H,10-13,15,17-26H2,1-3H3,(H,43,50)(H,44,51)(H,45,52)(H,46,54)(H,47,53)/b8-4+,9-5+/t27?,30-,31?,32+,33?/m1/s1. The third-order valence-corrected chi connectivity index (χ3v) is 10.4. The number of carbonyl (C=O) groups is 7. The fourth-order valence-electron chi connectivity index (χ4n) is 7.22. The lowest BCUT2D eigenvalue weighted by Gasteiger charge is -2.31. The summed E-state index contributed by atoms with van der Waals surface area (Å²) in [6, 6.07) is 4.50. The average Bonchev–Trinajstić information content (AvgIpc) is 3.92. The Kier molecular flexibility index (Phi) is 17.5. The van der Waals surface area contributed by atoms with Gasteiger partial charge in [-0.15, -0.1) is 0 Å². The molecular weight excluding hydrogens is 718 g/mol. The number of likely N-dealkylation sites (N-methyl/N-ethyl adjacent to an activating group) is 2. The Bertz CT molecular complexity index is 1610. The molecule has 1 aromatic rings. The molecule has 2 aliphatic heterocycles. The van der Waals surface area contributed by atoms with E-state index < -0.39 is 41.9 Å². The van der Waals surface area contributed by atoms with Gasteiger partial charge >= 0.3 is 0 Å². The Morgan fingerprint density at radius 3 is 2.05 bits per heavy atom. The van der Waals surface area contributed by atoms with Crippen LogP contribution in [0.25, 0.3) is 0 Å². The zero-order valence-electron chi connectivity index (χ0n) is 32.9. The zero-order valence-corrected chi connectivity index (χ0v) is 32.9. The number of nitrogens with one attached hydrogen (secondary N) is 7. The van der Waals surface area contributed by atoms with Crippen LogP contribution in [-0.2, 0) is 40.0 Å². The molecule has 2 fully saturated rings. The van der Waals surface area contributed by atoms with Gasteiger partial charge in [-0.2, -0.15) is 0 Å². The second-order valence-corrected chi connectivity index (χ2v) is 14.5. The molecule has 5 atom stereocenters. The van der Waals surface area contributed by atoms with Crippen molar-refractivity contribution in [1.29, 1.82) is 0 Å². The number of hydrogen-bond acceptors (Lipinski definition) is 9. The molecule has 1 aliphatic carbocycles. The van der Waals surface area contributed by atoms with Crippen LogP contribution in [0.15, 0.2) is 48.6 Å². The van der Waals surface area contributed by atoms with Crippen molar-refractivity contribution in [2.75, 3.05) is 53.4 Å². The minimum atomic E-state index is -1.17. The summed E-state index contributed by atoms with van der Waals surface area (Å²) < 4.78 is 0. The fourth-order valence-corrected chi connectivity index (χ4v) is 7.22. The van der Waals surface area contributed by atoms with Crippen molar-refractivity contribution in [2.24, 2.45) is 0 Å². The van der Waals surface area contributed by atoms with Gasteiger partial charge in [0.1, 0.15) is 18.1 Å². The molecule has 2 heterocycles. The Labute approximate surface area is 329 Å². The van der Waals surface area contributed by atoms with Crippen molar-refractivity contribution in [1.82, 2.24) is 47.0 Å². The van der Waals surface area contributed by atoms with Crippen LogP contribution in [0.4, 0.5) is 0 Å². The Morgan fingerprint density at radius 1 is 0.768 bits per heavy atom. The molecule has 1 aromatic carbocycles. The quantitative estimate of drug-likeness (QED) is 0.0921. The number of benzene rings is 1. The third-order valence-electron chi connectivity index (χ3n) is 10.4. The molecular formula is C40H59N9O7. The fraction of sp³-hybridized carbons (Fsp3) is 0.575. The van der Waals surface area contributed by atoms with E-state index in [2.05, 4.69) is 43.3 Å². The maximum absolute atomic E-state index is 13.9. The van der Waals surface area contributed by atoms with Gasteiger partial charge in [0.15, 0.2) is 0 Å². The molecule has 7 N–H and O–H groups in total. The third kappa shape index (κ3) is 13.0. The van der Waals surface area contributed by atoms with E-state index in [0.717, 1.165) is 37.7 Å². The molecule has 3 aliphatic rings. The lowest BCUT2D eigenvalue weighted by molar-refractivity contribution is -0.143. The summed E-state index contributed by atoms with van der Waals surface area (Å²) in [5.41, 5.74) is 2.31. The molecule has 0 aromatic heterocycles. The molecule has 306 valence electrons. The van der Waals surface area contributed by atoms with Gasteiger partial charge in [-0.3, -0.25) is 33.6 Å². The average molecular weight is 778 g/mol. The van der Waals surface area contributed by atoms with Crippen molar-refractivity contribution >= 4 is 41.4 Å². The molecule has 0 bridgehead atoms. The molecule has 16 heteroatoms. The first-order valence-electron chi connectivity index (χ1n) is 19.8. The molecule has 3 unspecified atom stereocenters. The Hall–Kier alpha value is -5.09. The first-order chi connectivity index (χ1) is 27.0. The van der Waals surface area contributed by atoms with Crippen LogP contribution in [0.3, 0.4) is 0 Å². The number of rotatable bonds is 19. The largest absolute Gasteiger partial charge is 0.353 e. The number of amides is 7. The van der Waals surface area contributed by atoms with E-state index in [9.17, 15) is 33.6 Å². The van der Waals surface area contributed by atoms with Gasteiger partial charge in [0.25, 0.3) is 0 Å². The number of nitrogens with zero attached hydrogens (tertiary/aromatic N) is 2. The summed E-state index contributed by atoms with van der Waals surface area (Å²) in [6.07, 6.45) is 11.9. The summed E-state index contributed by atoms with van der Waals surface area (Å²) in [7, 11) is 3.24. The topological polar surface area (TPSA) is 210 Å². The van der Waals surface area contributed by atoms with Gasteiger partial charge in [0.05, 0.1) is 31.5 Å². The van der Waals surface area contributed by atoms with E-state index in [1.165, 1.54) is 10.5 Å². The van der Waals surface area contributed by atoms with Crippen LogP contribution in [0, 0.1) is 0 Å². The minimum Gasteiger partial charge on any atom is -0.353 e. The van der Waals surface area contributed by atoms with Crippen molar-refractivity contribution in [3.63, 3.8) is 0 Å². The second kappa shape index (κ2) is 22.5. The van der Waals surface area contributed by atoms with Crippen molar-refractivity contribution in [3.05, 3.63) is 59.7 Å². The van der Waals surface area contributed by atoms with Gasteiger partial charge in [-0.1, -0.05) is 48.6 Å². The highest BCUT2D eigenvalue weighted by atomic mass is 16.2. The predicted octanol–water partition coefficient (Wildman–Crippen LogP) is -0.284. The number of likely N-dealkylation sites (tertiary alicyclic amines) is 2. The zero-order chi connectivity index (χ0) is 40.5. The van der Waals surface area contributed by atoms with E-state index in [-0.39, 0.29) is 62.1 Å². The highest BCUT2D eigenvalue weighted by Gasteiger charge is 2.39. The minimum absolute atomic E-state index is 0.0298. The van der Waals surface area contributed by atoms with Crippen LogP contribution in [0.1, 0.15) is 75.5 Å². The molecule has 16 nitrogen and oxygen atoms in total. The lowest BCUT2D eigenvalue weighted by atomic mass is 9.87. The van der Waals surface area contributed by atoms with Crippen LogP contribution in [0.5, 0.6) is 0 Å². The van der Waals surface area contributed by atoms with Crippen molar-refractivity contribution in [2.45, 2.75) is 94.9 Å². The number of carbonyl (C=O) groups excluding carboxylic acids is 7. The molecule has 0 saturated carbocycles. The first-order valence-corrected chi connectivity index (χ1v) is 19.8. The molecule has 0 spiro atoms. The second-order valence-electron chi connectivity index (χ2n) is 14.5. The molecule has 56 heavy (non-hydrogen) atoms. The Morgan fingerprint density at radius 2 is 1.41 bits per heavy atom. The van der Waals surface area contributed by atoms with E-state index in [1.807, 2.05) is 18.2 Å². The van der Waals surface area contributed by atoms with E-state index >= 15 is 0 Å². The number of allylic oxidation sites excluding steroid dienone is 2. The molecule has 2 saturated heterocycles. The normalized spacial score (nSPS) is 19.6. The van der Waals surface area contributed by atoms with Crippen LogP contribution < -0.4 is 37.2 Å². The highest BCUT2D eigenvalue weighted by molar-refractivity contribution is 5.96. The van der Waals surface area contributed by atoms with Gasteiger partial charge in [-0.05, 0) is 77.1 Å². The van der Waals surface area contributed by atoms with E-state index in [4.69, 9.17) is 0 Å². The SMILES string of the molecule is CNCC(=O)NC(CC(=O)NC/C=C/C=C/CNC(=O)C[C@H](NC(=O)C(C)NC)C(=O)N1CCCC1C(=O)N[C@@H]1CCCc2ccccc21)C(=O)N1CCCC1. The monoisotopic (exact) mass is 777 g/mol. The predicted molar refractivity (Wildman–Crippen MR) is 211 cm³/mol. The number of aryl methyl sites for hydroxylation is 1. The van der Waals surface area contributed by atoms with E-state index in [1.54, 1.807) is 50.2 Å². The van der Waals surface area contributed by atoms with Crippen LogP contribution >= 0.6 is 0 Å². The first kappa shape index (κ1) is 43.6. The lowest BCUT2D eigenvalue weighted by Crippen LogP contribution is -2.56. The van der Waals surface area contributed by atoms with Gasteiger partial charge in [0, 0.05) is 32.7 Å². The maximum Gasteiger partial charge on any atom is 0.246 e. The summed E-state index contributed by atoms with van der Waals surface area (Å²) >= 11 is 0. The summed E-state index contributed by atoms with van der Waals surface area (Å²) in [4.78, 5) is 94.2. The van der Waals surface area contributed by atoms with Crippen molar-refractivity contribution in [3.8, 4) is 0 Å². The van der Waals surface area contributed by atoms with E-state index in [0.29, 0.717) is 32.5 Å². The molecule has 7 amide bonds. The van der Waals surface area contributed by atoms with Crippen molar-refractivity contribution < 1.29 is 33.6 Å². The number of fused-ring (bicyclic) bond motifs is 1. The van der Waals surface area contributed by atoms with Crippen LogP contribution in [-0.4, -0.2) is 129 Å². The molecule has 4 rings (SSSR count). The Balaban J connectivity index is 1.25. The maximum atomic E-state index is 13.9. The van der Waals surface area contributed by atoms with Gasteiger partial charge < -0.3 is 47.0 Å². The summed E-state index contributed by atoms with van der Waals surface area (Å²) in [6.45, 7) is 3.55. The van der Waals surface area contributed by atoms with Gasteiger partial charge in [-0.25, -0.2) is 0 Å². The number of hydrogen-bond donors (Lipinski definition) is 7. The molecule has 0 radical (unpaired) electrons. The van der Waals surface area contributed by atoms with Crippen LogP contribution in [0.2, 0.25) is 0 Å².